The molecular weight excluding hydrogens is 318 g/mol. The van der Waals surface area contributed by atoms with Crippen molar-refractivity contribution in [1.29, 1.82) is 0 Å². The summed E-state index contributed by atoms with van der Waals surface area (Å²) < 4.78 is 31.3. The minimum atomic E-state index is -4.06. The van der Waals surface area contributed by atoms with Gasteiger partial charge in [-0.2, -0.15) is 4.31 Å². The fraction of sp³-hybridized carbons (Fsp3) is 0.455. The Balaban J connectivity index is 2.62. The molecule has 0 aliphatic carbocycles. The van der Waals surface area contributed by atoms with Gasteiger partial charge in [-0.3, -0.25) is 20.2 Å². The maximum absolute atomic E-state index is 12.6. The first-order chi connectivity index (χ1) is 10.2. The van der Waals surface area contributed by atoms with Crippen LogP contribution in [0.5, 0.6) is 0 Å². The lowest BCUT2D eigenvalue weighted by Gasteiger charge is -2.26. The average Bonchev–Trinajstić information content (AvgIpc) is 2.47. The molecule has 0 bridgehead atoms. The molecule has 0 N–H and O–H groups in total. The molecule has 0 amide bonds. The van der Waals surface area contributed by atoms with Gasteiger partial charge in [0.15, 0.2) is 0 Å². The summed E-state index contributed by atoms with van der Waals surface area (Å²) in [6.45, 7) is 1.86. The fourth-order valence-electron chi connectivity index (χ4n) is 2.15. The van der Waals surface area contributed by atoms with Crippen LogP contribution < -0.4 is 0 Å². The predicted molar refractivity (Wildman–Crippen MR) is 74.1 cm³/mol. The number of hydrogen-bond acceptors (Lipinski definition) is 7. The van der Waals surface area contributed by atoms with Crippen molar-refractivity contribution < 1.29 is 23.0 Å². The lowest BCUT2D eigenvalue weighted by atomic mass is 10.2. The van der Waals surface area contributed by atoms with Crippen molar-refractivity contribution in [2.45, 2.75) is 11.8 Å². The molecule has 120 valence electrons. The minimum Gasteiger partial charge on any atom is -0.379 e. The van der Waals surface area contributed by atoms with Crippen LogP contribution in [0.2, 0.25) is 0 Å². The zero-order chi connectivity index (χ0) is 16.5. The largest absolute Gasteiger partial charge is 0.379 e. The van der Waals surface area contributed by atoms with Crippen LogP contribution in [0.25, 0.3) is 0 Å². The quantitative estimate of drug-likeness (QED) is 0.589. The molecule has 0 aromatic heterocycles. The van der Waals surface area contributed by atoms with Crippen LogP contribution >= 0.6 is 0 Å². The third-order valence-corrected chi connectivity index (χ3v) is 5.34. The number of nitro benzene ring substituents is 2. The van der Waals surface area contributed by atoms with Crippen molar-refractivity contribution in [1.82, 2.24) is 4.31 Å². The van der Waals surface area contributed by atoms with Crippen molar-refractivity contribution in [3.63, 3.8) is 0 Å². The SMILES string of the molecule is Cc1c([N+](=O)[O-])cc([N+](=O)[O-])cc1S(=O)(=O)N1CCOCC1. The van der Waals surface area contributed by atoms with Crippen molar-refractivity contribution in [3.05, 3.63) is 37.9 Å². The van der Waals surface area contributed by atoms with E-state index in [2.05, 4.69) is 0 Å². The first-order valence-electron chi connectivity index (χ1n) is 6.26. The number of morpholine rings is 1. The Kier molecular flexibility index (Phi) is 4.39. The molecule has 1 heterocycles. The van der Waals surface area contributed by atoms with Gasteiger partial charge in [0.05, 0.1) is 34.0 Å². The van der Waals surface area contributed by atoms with E-state index < -0.39 is 36.1 Å². The molecule has 11 heteroatoms. The van der Waals surface area contributed by atoms with Gasteiger partial charge >= 0.3 is 0 Å². The number of ether oxygens (including phenoxy) is 1. The van der Waals surface area contributed by atoms with Crippen LogP contribution in [0, 0.1) is 27.2 Å². The molecule has 22 heavy (non-hydrogen) atoms. The van der Waals surface area contributed by atoms with E-state index in [1.165, 1.54) is 6.92 Å². The number of non-ortho nitro benzene ring substituents is 1. The molecule has 0 unspecified atom stereocenters. The van der Waals surface area contributed by atoms with Crippen LogP contribution in [0.3, 0.4) is 0 Å². The molecule has 0 atom stereocenters. The van der Waals surface area contributed by atoms with E-state index in [0.717, 1.165) is 16.4 Å². The maximum Gasteiger partial charge on any atom is 0.280 e. The third-order valence-electron chi connectivity index (χ3n) is 3.31. The Hall–Kier alpha value is -2.11. The zero-order valence-electron chi connectivity index (χ0n) is 11.6. The molecule has 1 aliphatic heterocycles. The Morgan fingerprint density at radius 3 is 2.23 bits per heavy atom. The summed E-state index contributed by atoms with van der Waals surface area (Å²) in [6.07, 6.45) is 0. The van der Waals surface area contributed by atoms with Crippen molar-refractivity contribution in [3.8, 4) is 0 Å². The van der Waals surface area contributed by atoms with Gasteiger partial charge in [-0.1, -0.05) is 0 Å². The Morgan fingerprint density at radius 1 is 1.14 bits per heavy atom. The number of rotatable bonds is 4. The molecular formula is C11H13N3O7S. The average molecular weight is 331 g/mol. The molecule has 2 rings (SSSR count). The molecule has 1 aliphatic rings. The lowest BCUT2D eigenvalue weighted by Crippen LogP contribution is -2.40. The second-order valence-corrected chi connectivity index (χ2v) is 6.53. The Labute approximate surface area is 125 Å². The van der Waals surface area contributed by atoms with Crippen LogP contribution in [0.4, 0.5) is 11.4 Å². The van der Waals surface area contributed by atoms with Crippen LogP contribution in [0.15, 0.2) is 17.0 Å². The Bertz CT molecular complexity index is 725. The first-order valence-corrected chi connectivity index (χ1v) is 7.70. The van der Waals surface area contributed by atoms with Gasteiger partial charge in [-0.05, 0) is 6.92 Å². The number of hydrogen-bond donors (Lipinski definition) is 0. The summed E-state index contributed by atoms with van der Waals surface area (Å²) in [4.78, 5) is 19.8. The van der Waals surface area contributed by atoms with Gasteiger partial charge in [-0.15, -0.1) is 0 Å². The number of benzene rings is 1. The molecule has 1 aromatic carbocycles. The van der Waals surface area contributed by atoms with Crippen molar-refractivity contribution in [2.24, 2.45) is 0 Å². The highest BCUT2D eigenvalue weighted by molar-refractivity contribution is 7.89. The highest BCUT2D eigenvalue weighted by atomic mass is 32.2. The summed E-state index contributed by atoms with van der Waals surface area (Å²) in [5.41, 5.74) is -1.35. The van der Waals surface area contributed by atoms with Crippen molar-refractivity contribution in [2.75, 3.05) is 26.3 Å². The van der Waals surface area contributed by atoms with E-state index in [1.54, 1.807) is 0 Å². The highest BCUT2D eigenvalue weighted by Crippen LogP contribution is 2.32. The molecule has 1 fully saturated rings. The molecule has 10 nitrogen and oxygen atoms in total. The van der Waals surface area contributed by atoms with E-state index in [9.17, 15) is 28.6 Å². The van der Waals surface area contributed by atoms with Crippen LogP contribution in [-0.4, -0.2) is 48.9 Å². The second-order valence-electron chi connectivity index (χ2n) is 4.62. The second kappa shape index (κ2) is 5.94. The van der Waals surface area contributed by atoms with E-state index in [4.69, 9.17) is 4.74 Å². The van der Waals surface area contributed by atoms with Gasteiger partial charge in [0.25, 0.3) is 11.4 Å². The monoisotopic (exact) mass is 331 g/mol. The Morgan fingerprint density at radius 2 is 1.73 bits per heavy atom. The highest BCUT2D eigenvalue weighted by Gasteiger charge is 2.33. The predicted octanol–water partition coefficient (Wildman–Crippen LogP) is 0.832. The van der Waals surface area contributed by atoms with E-state index >= 15 is 0 Å². The minimum absolute atomic E-state index is 0.0955. The van der Waals surface area contributed by atoms with E-state index in [0.29, 0.717) is 0 Å². The van der Waals surface area contributed by atoms with Gasteiger partial charge in [0, 0.05) is 24.7 Å². The molecule has 1 saturated heterocycles. The van der Waals surface area contributed by atoms with Gasteiger partial charge in [-0.25, -0.2) is 8.42 Å². The smallest absolute Gasteiger partial charge is 0.280 e. The lowest BCUT2D eigenvalue weighted by molar-refractivity contribution is -0.394. The standard InChI is InChI=1S/C11H13N3O7S/c1-8-10(14(17)18)6-9(13(15)16)7-11(8)22(19,20)12-2-4-21-5-3-12/h6-7H,2-5H2,1H3. The maximum atomic E-state index is 12.6. The van der Waals surface area contributed by atoms with Crippen LogP contribution in [-0.2, 0) is 14.8 Å². The summed E-state index contributed by atoms with van der Waals surface area (Å²) in [5, 5.41) is 21.9. The zero-order valence-corrected chi connectivity index (χ0v) is 12.4. The third kappa shape index (κ3) is 2.91. The van der Waals surface area contributed by atoms with Gasteiger partial charge in [0.2, 0.25) is 10.0 Å². The van der Waals surface area contributed by atoms with Crippen LogP contribution in [0.1, 0.15) is 5.56 Å². The van der Waals surface area contributed by atoms with Crippen molar-refractivity contribution >= 4 is 21.4 Å². The van der Waals surface area contributed by atoms with Gasteiger partial charge < -0.3 is 4.74 Å². The molecule has 1 aromatic rings. The molecule has 0 spiro atoms. The fourth-order valence-corrected chi connectivity index (χ4v) is 3.82. The summed E-state index contributed by atoms with van der Waals surface area (Å²) in [5.74, 6) is 0. The molecule has 0 radical (unpaired) electrons. The van der Waals surface area contributed by atoms with E-state index in [-0.39, 0.29) is 31.9 Å². The number of nitro groups is 2. The van der Waals surface area contributed by atoms with E-state index in [1.807, 2.05) is 0 Å². The summed E-state index contributed by atoms with van der Waals surface area (Å²) in [7, 11) is -4.06. The summed E-state index contributed by atoms with van der Waals surface area (Å²) >= 11 is 0. The molecule has 0 saturated carbocycles. The summed E-state index contributed by atoms with van der Waals surface area (Å²) in [6, 6.07) is 1.61. The van der Waals surface area contributed by atoms with Gasteiger partial charge in [0.1, 0.15) is 0 Å². The normalized spacial score (nSPS) is 16.4. The first kappa shape index (κ1) is 16.3. The topological polar surface area (TPSA) is 133 Å². The number of sulfonamides is 1. The number of nitrogens with zero attached hydrogens (tertiary/aromatic N) is 3.